The van der Waals surface area contributed by atoms with E-state index < -0.39 is 29.0 Å². The number of benzene rings is 2. The van der Waals surface area contributed by atoms with Crippen LogP contribution in [0, 0.1) is 5.82 Å². The molecule has 1 heterocycles. The largest absolute Gasteiger partial charge is 0.351 e. The number of nitrogens with two attached hydrogens (primary N) is 1. The highest BCUT2D eigenvalue weighted by atomic mass is 19.1. The van der Waals surface area contributed by atoms with Crippen molar-refractivity contribution in [2.45, 2.75) is 12.3 Å². The van der Waals surface area contributed by atoms with Gasteiger partial charge in [-0.2, -0.15) is 0 Å². The van der Waals surface area contributed by atoms with Crippen molar-refractivity contribution in [3.05, 3.63) is 65.5 Å². The van der Waals surface area contributed by atoms with Crippen molar-refractivity contribution in [3.8, 4) is 0 Å². The number of Topliss-reactive ketones (excluding diaryl/α,β-unsaturated/α-hetero) is 1. The highest BCUT2D eigenvalue weighted by molar-refractivity contribution is 6.31. The van der Waals surface area contributed by atoms with Crippen LogP contribution >= 0.6 is 0 Å². The van der Waals surface area contributed by atoms with E-state index in [4.69, 9.17) is 5.73 Å². The Balaban J connectivity index is 2.37. The summed E-state index contributed by atoms with van der Waals surface area (Å²) in [7, 11) is 0. The monoisotopic (exact) mass is 312 g/mol. The zero-order valence-electron chi connectivity index (χ0n) is 12.2. The van der Waals surface area contributed by atoms with Crippen molar-refractivity contribution >= 4 is 23.4 Å². The lowest BCUT2D eigenvalue weighted by atomic mass is 9.72. The van der Waals surface area contributed by atoms with Crippen molar-refractivity contribution in [1.29, 1.82) is 0 Å². The number of ketones is 1. The molecule has 0 bridgehead atoms. The Morgan fingerprint density at radius 3 is 2.26 bits per heavy atom. The topological polar surface area (TPSA) is 80.5 Å². The second-order valence-electron chi connectivity index (χ2n) is 5.31. The third-order valence-corrected chi connectivity index (χ3v) is 4.10. The quantitative estimate of drug-likeness (QED) is 0.863. The van der Waals surface area contributed by atoms with Crippen LogP contribution in [0.25, 0.3) is 0 Å². The first-order valence-corrected chi connectivity index (χ1v) is 6.91. The number of hydrogen-bond acceptors (Lipinski definition) is 3. The van der Waals surface area contributed by atoms with Gasteiger partial charge in [-0.25, -0.2) is 14.1 Å². The van der Waals surface area contributed by atoms with Gasteiger partial charge in [-0.3, -0.25) is 9.59 Å². The molecule has 0 aliphatic carbocycles. The van der Waals surface area contributed by atoms with Crippen LogP contribution in [0.1, 0.15) is 18.1 Å². The van der Waals surface area contributed by atoms with Crippen LogP contribution in [-0.2, 0) is 15.0 Å². The third-order valence-electron chi connectivity index (χ3n) is 4.10. The molecule has 116 valence electrons. The molecule has 3 rings (SSSR count). The number of hydrogen-bond donors (Lipinski definition) is 1. The molecule has 5 nitrogen and oxygen atoms in total. The molecule has 1 aliphatic rings. The Labute approximate surface area is 131 Å². The summed E-state index contributed by atoms with van der Waals surface area (Å²) < 4.78 is 13.2. The molecule has 1 aliphatic heterocycles. The van der Waals surface area contributed by atoms with E-state index in [0.29, 0.717) is 11.1 Å². The van der Waals surface area contributed by atoms with Crippen LogP contribution in [-0.4, -0.2) is 17.7 Å². The number of amides is 3. The number of nitrogens with zero attached hydrogens (tertiary/aromatic N) is 1. The molecule has 0 aromatic heterocycles. The predicted molar refractivity (Wildman–Crippen MR) is 81.4 cm³/mol. The summed E-state index contributed by atoms with van der Waals surface area (Å²) in [6.07, 6.45) is 0. The fraction of sp³-hybridized carbons (Fsp3) is 0.118. The van der Waals surface area contributed by atoms with Gasteiger partial charge in [0, 0.05) is 5.56 Å². The summed E-state index contributed by atoms with van der Waals surface area (Å²) in [4.78, 5) is 38.0. The minimum Gasteiger partial charge on any atom is -0.351 e. The van der Waals surface area contributed by atoms with Gasteiger partial charge < -0.3 is 5.73 Å². The summed E-state index contributed by atoms with van der Waals surface area (Å²) in [5.74, 6) is -1.70. The maximum Gasteiger partial charge on any atom is 0.326 e. The van der Waals surface area contributed by atoms with Gasteiger partial charge in [0.2, 0.25) is 0 Å². The number of halogens is 1. The standard InChI is InChI=1S/C17H13FN2O3/c1-10(21)17(11-6-8-12(18)9-7-11)13-4-2-3-5-14(13)20(15(17)22)16(19)23/h2-9H,1H3,(H2,19,23). The van der Waals surface area contributed by atoms with Crippen molar-refractivity contribution in [2.24, 2.45) is 5.73 Å². The Hall–Kier alpha value is -3.02. The average Bonchev–Trinajstić information content (AvgIpc) is 2.77. The van der Waals surface area contributed by atoms with E-state index in [1.165, 1.54) is 31.2 Å². The van der Waals surface area contributed by atoms with Crippen molar-refractivity contribution in [1.82, 2.24) is 0 Å². The van der Waals surface area contributed by atoms with E-state index in [1.807, 2.05) is 0 Å². The minimum absolute atomic E-state index is 0.268. The number of carbonyl (C=O) groups excluding carboxylic acids is 3. The van der Waals surface area contributed by atoms with Gasteiger partial charge in [0.15, 0.2) is 11.2 Å². The molecular formula is C17H13FN2O3. The normalized spacial score (nSPS) is 19.6. The first-order chi connectivity index (χ1) is 10.9. The second-order valence-corrected chi connectivity index (χ2v) is 5.31. The zero-order chi connectivity index (χ0) is 16.8. The lowest BCUT2D eigenvalue weighted by Crippen LogP contribution is -2.49. The summed E-state index contributed by atoms with van der Waals surface area (Å²) in [6.45, 7) is 1.27. The number of imide groups is 1. The summed E-state index contributed by atoms with van der Waals surface area (Å²) in [5.41, 5.74) is 4.56. The number of rotatable bonds is 2. The number of fused-ring (bicyclic) bond motifs is 1. The maximum atomic E-state index is 13.2. The Morgan fingerprint density at radius 2 is 1.70 bits per heavy atom. The van der Waals surface area contributed by atoms with Crippen LogP contribution in [0.2, 0.25) is 0 Å². The fourth-order valence-corrected chi connectivity index (χ4v) is 3.12. The number of anilines is 1. The van der Waals surface area contributed by atoms with Crippen LogP contribution < -0.4 is 10.6 Å². The zero-order valence-corrected chi connectivity index (χ0v) is 12.2. The van der Waals surface area contributed by atoms with Gasteiger partial charge in [0.05, 0.1) is 5.69 Å². The molecule has 1 unspecified atom stereocenters. The van der Waals surface area contributed by atoms with E-state index in [9.17, 15) is 18.8 Å². The van der Waals surface area contributed by atoms with E-state index in [-0.39, 0.29) is 5.69 Å². The Morgan fingerprint density at radius 1 is 1.09 bits per heavy atom. The van der Waals surface area contributed by atoms with Crippen LogP contribution in [0.4, 0.5) is 14.9 Å². The van der Waals surface area contributed by atoms with Crippen LogP contribution in [0.15, 0.2) is 48.5 Å². The summed E-state index contributed by atoms with van der Waals surface area (Å²) >= 11 is 0. The first kappa shape index (κ1) is 14.9. The smallest absolute Gasteiger partial charge is 0.326 e. The third kappa shape index (κ3) is 1.88. The lowest BCUT2D eigenvalue weighted by Gasteiger charge is -2.26. The SMILES string of the molecule is CC(=O)C1(c2ccc(F)cc2)C(=O)N(C(N)=O)c2ccccc21. The van der Waals surface area contributed by atoms with Gasteiger partial charge in [-0.1, -0.05) is 30.3 Å². The molecule has 0 saturated carbocycles. The first-order valence-electron chi connectivity index (χ1n) is 6.91. The van der Waals surface area contributed by atoms with Gasteiger partial charge in [0.1, 0.15) is 5.82 Å². The summed E-state index contributed by atoms with van der Waals surface area (Å²) in [5, 5.41) is 0. The molecule has 0 radical (unpaired) electrons. The van der Waals surface area contributed by atoms with Gasteiger partial charge in [-0.15, -0.1) is 0 Å². The van der Waals surface area contributed by atoms with E-state index >= 15 is 0 Å². The molecule has 0 fully saturated rings. The number of primary amides is 1. The van der Waals surface area contributed by atoms with E-state index in [2.05, 4.69) is 0 Å². The van der Waals surface area contributed by atoms with Crippen LogP contribution in [0.5, 0.6) is 0 Å². The van der Waals surface area contributed by atoms with Crippen LogP contribution in [0.3, 0.4) is 0 Å². The van der Waals surface area contributed by atoms with Crippen molar-refractivity contribution in [2.75, 3.05) is 4.90 Å². The van der Waals surface area contributed by atoms with E-state index in [1.54, 1.807) is 24.3 Å². The number of carbonyl (C=O) groups is 3. The van der Waals surface area contributed by atoms with Gasteiger partial charge >= 0.3 is 6.03 Å². The molecule has 2 aromatic carbocycles. The summed E-state index contributed by atoms with van der Waals surface area (Å²) in [6, 6.07) is 10.6. The van der Waals surface area contributed by atoms with Gasteiger partial charge in [0.25, 0.3) is 5.91 Å². The molecule has 3 amide bonds. The van der Waals surface area contributed by atoms with Crippen molar-refractivity contribution in [3.63, 3.8) is 0 Å². The molecule has 0 spiro atoms. The Bertz CT molecular complexity index is 832. The van der Waals surface area contributed by atoms with E-state index in [0.717, 1.165) is 4.90 Å². The second kappa shape index (κ2) is 5.01. The number of para-hydroxylation sites is 1. The molecule has 2 N–H and O–H groups in total. The maximum absolute atomic E-state index is 13.2. The molecule has 23 heavy (non-hydrogen) atoms. The Kier molecular flexibility index (Phi) is 3.25. The van der Waals surface area contributed by atoms with Gasteiger partial charge in [-0.05, 0) is 30.7 Å². The molecule has 2 aromatic rings. The minimum atomic E-state index is -1.70. The predicted octanol–water partition coefficient (Wildman–Crippen LogP) is 2.13. The highest BCUT2D eigenvalue weighted by Gasteiger charge is 2.57. The average molecular weight is 312 g/mol. The number of urea groups is 1. The lowest BCUT2D eigenvalue weighted by molar-refractivity contribution is -0.130. The molecule has 0 saturated heterocycles. The molecule has 6 heteroatoms. The molecule has 1 atom stereocenters. The highest BCUT2D eigenvalue weighted by Crippen LogP contribution is 2.46. The van der Waals surface area contributed by atoms with Crippen molar-refractivity contribution < 1.29 is 18.8 Å². The molecular weight excluding hydrogens is 299 g/mol. The fourth-order valence-electron chi connectivity index (χ4n) is 3.12.